The van der Waals surface area contributed by atoms with Crippen LogP contribution >= 0.6 is 11.8 Å². The van der Waals surface area contributed by atoms with Crippen molar-refractivity contribution in [1.29, 1.82) is 0 Å². The van der Waals surface area contributed by atoms with Crippen molar-refractivity contribution >= 4 is 28.4 Å². The van der Waals surface area contributed by atoms with Gasteiger partial charge in [0.15, 0.2) is 16.8 Å². The third-order valence-electron chi connectivity index (χ3n) is 4.89. The number of H-pyrrole nitrogens is 1. The van der Waals surface area contributed by atoms with Crippen molar-refractivity contribution in [2.45, 2.75) is 44.1 Å². The second-order valence-corrected chi connectivity index (χ2v) is 8.30. The number of hydrogen-bond acceptors (Lipinski definition) is 5. The number of carbonyl (C=O) groups excluding carboxylic acids is 1. The quantitative estimate of drug-likeness (QED) is 0.349. The summed E-state index contributed by atoms with van der Waals surface area (Å²) in [5.74, 6) is 0.904. The van der Waals surface area contributed by atoms with Crippen molar-refractivity contribution < 1.29 is 4.79 Å². The lowest BCUT2D eigenvalue weighted by Crippen LogP contribution is -2.15. The molecule has 29 heavy (non-hydrogen) atoms. The number of pyridine rings is 1. The van der Waals surface area contributed by atoms with Crippen molar-refractivity contribution in [3.05, 3.63) is 60.0 Å². The molecule has 1 N–H and O–H groups in total. The van der Waals surface area contributed by atoms with E-state index in [0.29, 0.717) is 0 Å². The van der Waals surface area contributed by atoms with Gasteiger partial charge in [-0.2, -0.15) is 0 Å². The minimum Gasteiger partial charge on any atom is -0.358 e. The van der Waals surface area contributed by atoms with E-state index in [9.17, 15) is 4.79 Å². The van der Waals surface area contributed by atoms with E-state index in [-0.39, 0.29) is 11.0 Å². The van der Waals surface area contributed by atoms with Gasteiger partial charge in [-0.1, -0.05) is 36.9 Å². The van der Waals surface area contributed by atoms with Crippen LogP contribution < -0.4 is 0 Å². The summed E-state index contributed by atoms with van der Waals surface area (Å²) in [4.78, 5) is 20.7. The second-order valence-electron chi connectivity index (χ2n) is 6.99. The van der Waals surface area contributed by atoms with E-state index < -0.39 is 0 Å². The minimum atomic E-state index is -0.280. The molecule has 7 heteroatoms. The third kappa shape index (κ3) is 3.70. The standard InChI is InChI=1S/C22H23N5OS/c1-4-13-27-21(16-9-11-23-12-10-16)25-26-22(27)29-15(3)20(28)19-14(2)24-18-8-6-5-7-17(18)19/h5-12,15,24H,4,13H2,1-3H3/t15-/m0/s1. The Morgan fingerprint density at radius 3 is 2.69 bits per heavy atom. The first-order valence-corrected chi connectivity index (χ1v) is 10.6. The molecule has 6 nitrogen and oxygen atoms in total. The van der Waals surface area contributed by atoms with Crippen LogP contribution in [0.3, 0.4) is 0 Å². The Kier molecular flexibility index (Phi) is 5.49. The molecule has 0 aliphatic rings. The molecule has 3 heterocycles. The Labute approximate surface area is 173 Å². The maximum Gasteiger partial charge on any atom is 0.192 e. The summed E-state index contributed by atoms with van der Waals surface area (Å²) >= 11 is 1.46. The topological polar surface area (TPSA) is 76.5 Å². The third-order valence-corrected chi connectivity index (χ3v) is 5.97. The number of ketones is 1. The number of aromatic nitrogens is 5. The molecule has 0 amide bonds. The van der Waals surface area contributed by atoms with Crippen LogP contribution in [-0.4, -0.2) is 35.8 Å². The first kappa shape index (κ1) is 19.4. The van der Waals surface area contributed by atoms with Crippen LogP contribution in [0.5, 0.6) is 0 Å². The Bertz CT molecular complexity index is 1150. The highest BCUT2D eigenvalue weighted by Gasteiger charge is 2.25. The van der Waals surface area contributed by atoms with E-state index in [1.54, 1.807) is 12.4 Å². The molecule has 0 aliphatic carbocycles. The average Bonchev–Trinajstić information content (AvgIpc) is 3.28. The summed E-state index contributed by atoms with van der Waals surface area (Å²) in [5.41, 5.74) is 3.62. The summed E-state index contributed by atoms with van der Waals surface area (Å²) in [6, 6.07) is 11.8. The second kappa shape index (κ2) is 8.21. The smallest absolute Gasteiger partial charge is 0.192 e. The molecule has 0 spiro atoms. The molecule has 148 valence electrons. The maximum atomic E-state index is 13.3. The fraction of sp³-hybridized carbons (Fsp3) is 0.273. The predicted octanol–water partition coefficient (Wildman–Crippen LogP) is 4.90. The van der Waals surface area contributed by atoms with Crippen LogP contribution in [0, 0.1) is 6.92 Å². The molecule has 0 aliphatic heterocycles. The number of rotatable bonds is 7. The number of para-hydroxylation sites is 1. The summed E-state index contributed by atoms with van der Waals surface area (Å²) in [7, 11) is 0. The van der Waals surface area contributed by atoms with Gasteiger partial charge in [0.1, 0.15) is 0 Å². The number of benzene rings is 1. The zero-order chi connectivity index (χ0) is 20.4. The molecule has 3 aromatic heterocycles. The predicted molar refractivity (Wildman–Crippen MR) is 116 cm³/mol. The molecule has 0 fully saturated rings. The summed E-state index contributed by atoms with van der Waals surface area (Å²) < 4.78 is 2.09. The van der Waals surface area contributed by atoms with E-state index >= 15 is 0 Å². The molecule has 0 saturated carbocycles. The largest absolute Gasteiger partial charge is 0.358 e. The normalized spacial score (nSPS) is 12.4. The monoisotopic (exact) mass is 405 g/mol. The number of thioether (sulfide) groups is 1. The molecule has 1 aromatic carbocycles. The van der Waals surface area contributed by atoms with Crippen LogP contribution in [-0.2, 0) is 6.54 Å². The Balaban J connectivity index is 1.64. The highest BCUT2D eigenvalue weighted by Crippen LogP contribution is 2.31. The number of carbonyl (C=O) groups is 1. The van der Waals surface area contributed by atoms with Gasteiger partial charge in [0, 0.05) is 46.7 Å². The number of hydrogen-bond donors (Lipinski definition) is 1. The van der Waals surface area contributed by atoms with Gasteiger partial charge in [0.05, 0.1) is 5.25 Å². The molecule has 0 unspecified atom stereocenters. The Hall–Kier alpha value is -2.93. The van der Waals surface area contributed by atoms with Gasteiger partial charge < -0.3 is 9.55 Å². The molecular formula is C22H23N5OS. The van der Waals surface area contributed by atoms with E-state index in [0.717, 1.165) is 51.7 Å². The van der Waals surface area contributed by atoms with E-state index in [2.05, 4.69) is 31.7 Å². The van der Waals surface area contributed by atoms with E-state index in [1.165, 1.54) is 11.8 Å². The van der Waals surface area contributed by atoms with Crippen molar-refractivity contribution in [3.8, 4) is 11.4 Å². The zero-order valence-electron chi connectivity index (χ0n) is 16.7. The number of nitrogens with zero attached hydrogens (tertiary/aromatic N) is 4. The van der Waals surface area contributed by atoms with Crippen molar-refractivity contribution in [2.24, 2.45) is 0 Å². The van der Waals surface area contributed by atoms with Crippen LogP contribution in [0.4, 0.5) is 0 Å². The van der Waals surface area contributed by atoms with Crippen LogP contribution in [0.1, 0.15) is 36.3 Å². The zero-order valence-corrected chi connectivity index (χ0v) is 17.5. The molecule has 0 radical (unpaired) electrons. The van der Waals surface area contributed by atoms with Gasteiger partial charge in [-0.15, -0.1) is 10.2 Å². The van der Waals surface area contributed by atoms with Gasteiger partial charge in [-0.05, 0) is 38.5 Å². The van der Waals surface area contributed by atoms with Crippen molar-refractivity contribution in [1.82, 2.24) is 24.7 Å². The molecule has 4 aromatic rings. The molecule has 1 atom stereocenters. The number of nitrogens with one attached hydrogen (secondary N) is 1. The van der Waals surface area contributed by atoms with Crippen LogP contribution in [0.2, 0.25) is 0 Å². The van der Waals surface area contributed by atoms with Gasteiger partial charge in [-0.3, -0.25) is 9.78 Å². The fourth-order valence-electron chi connectivity index (χ4n) is 3.52. The fourth-order valence-corrected chi connectivity index (χ4v) is 4.46. The highest BCUT2D eigenvalue weighted by molar-refractivity contribution is 8.00. The van der Waals surface area contributed by atoms with Crippen molar-refractivity contribution in [2.75, 3.05) is 0 Å². The summed E-state index contributed by atoms with van der Waals surface area (Å²) in [5, 5.41) is 10.2. The number of aromatic amines is 1. The number of fused-ring (bicyclic) bond motifs is 1. The minimum absolute atomic E-state index is 0.0986. The van der Waals surface area contributed by atoms with Crippen LogP contribution in [0.25, 0.3) is 22.3 Å². The number of Topliss-reactive ketones (excluding diaryl/α,β-unsaturated/α-hetero) is 1. The summed E-state index contributed by atoms with van der Waals surface area (Å²) in [6.45, 7) is 6.80. The van der Waals surface area contributed by atoms with Gasteiger partial charge >= 0.3 is 0 Å². The van der Waals surface area contributed by atoms with Gasteiger partial charge in [-0.25, -0.2) is 0 Å². The van der Waals surface area contributed by atoms with E-state index in [1.807, 2.05) is 50.2 Å². The highest BCUT2D eigenvalue weighted by atomic mass is 32.2. The molecule has 4 rings (SSSR count). The maximum absolute atomic E-state index is 13.3. The first-order chi connectivity index (χ1) is 14.1. The SMILES string of the molecule is CCCn1c(S[C@@H](C)C(=O)c2c(C)[nH]c3ccccc23)nnc1-c1ccncc1. The van der Waals surface area contributed by atoms with Gasteiger partial charge in [0.25, 0.3) is 0 Å². The molecule has 0 saturated heterocycles. The summed E-state index contributed by atoms with van der Waals surface area (Å²) in [6.07, 6.45) is 4.45. The molecular weight excluding hydrogens is 382 g/mol. The number of aryl methyl sites for hydroxylation is 1. The Morgan fingerprint density at radius 2 is 1.93 bits per heavy atom. The molecule has 0 bridgehead atoms. The van der Waals surface area contributed by atoms with E-state index in [4.69, 9.17) is 0 Å². The lowest BCUT2D eigenvalue weighted by Gasteiger charge is -2.12. The average molecular weight is 406 g/mol. The van der Waals surface area contributed by atoms with Crippen molar-refractivity contribution in [3.63, 3.8) is 0 Å². The van der Waals surface area contributed by atoms with Crippen LogP contribution in [0.15, 0.2) is 53.9 Å². The first-order valence-electron chi connectivity index (χ1n) is 9.72. The van der Waals surface area contributed by atoms with Gasteiger partial charge in [0.2, 0.25) is 0 Å². The lowest BCUT2D eigenvalue weighted by atomic mass is 10.1. The lowest BCUT2D eigenvalue weighted by molar-refractivity contribution is 0.0995. The Morgan fingerprint density at radius 1 is 1.17 bits per heavy atom.